The summed E-state index contributed by atoms with van der Waals surface area (Å²) in [6.07, 6.45) is 0. The molecule has 291 valence electrons. The normalized spacial score (nSPS) is 13.0. The maximum absolute atomic E-state index is 13.2. The van der Waals surface area contributed by atoms with E-state index in [1.807, 2.05) is 0 Å². The number of fused-ring (bicyclic) bond motifs is 20. The van der Waals surface area contributed by atoms with Gasteiger partial charge in [0.2, 0.25) is 0 Å². The van der Waals surface area contributed by atoms with Gasteiger partial charge in [-0.2, -0.15) is 33.7 Å². The number of aromatic amines is 2. The Kier molecular flexibility index (Phi) is 8.53. The van der Waals surface area contributed by atoms with Crippen LogP contribution in [0.5, 0.6) is 0 Å². The van der Waals surface area contributed by atoms with Gasteiger partial charge in [0.05, 0.1) is 10.8 Å². The molecule has 4 aromatic carbocycles. The van der Waals surface area contributed by atoms with Crippen LogP contribution in [0, 0.1) is 0 Å². The molecule has 9 rings (SSSR count). The second-order valence-electron chi connectivity index (χ2n) is 12.2. The second-order valence-corrected chi connectivity index (χ2v) is 17.6. The topological polar surface area (TPSA) is 326 Å². The van der Waals surface area contributed by atoms with Gasteiger partial charge in [-0.05, 0) is 0 Å². The van der Waals surface area contributed by atoms with E-state index in [9.17, 15) is 51.9 Å². The molecule has 2 aliphatic heterocycles. The monoisotopic (exact) mass is 897 g/mol. The van der Waals surface area contributed by atoms with Crippen LogP contribution in [0.2, 0.25) is 0 Å². The minimum Gasteiger partial charge on any atom is -0.324 e. The quantitative estimate of drug-likeness (QED) is 0.108. The van der Waals surface area contributed by atoms with Gasteiger partial charge in [-0.1, -0.05) is 72.8 Å². The van der Waals surface area contributed by atoms with E-state index in [1.54, 1.807) is 60.7 Å². The predicted molar refractivity (Wildman–Crippen MR) is 195 cm³/mol. The average Bonchev–Trinajstić information content (AvgIpc) is 3.84. The zero-order valence-corrected chi connectivity index (χ0v) is 31.8. The van der Waals surface area contributed by atoms with Gasteiger partial charge in [0, 0.05) is 33.0 Å². The van der Waals surface area contributed by atoms with Gasteiger partial charge in [0.25, 0.3) is 40.5 Å². The molecule has 20 nitrogen and oxygen atoms in total. The van der Waals surface area contributed by atoms with Crippen LogP contribution in [0.15, 0.2) is 92.4 Å². The standard InChI is InChI=1S/C32H18N8O12S4.Cu/c41-53(42,43)21-19-20(22(54(44,45)46)24(56(50,51)52)23(21)55(47,48)49)32-39-30-18-12-6-4-10-16(18)28(37-30)35-26-14-8-2-1-7-13(14)25(33-26)34-27-15-9-3-5-11-17(15)29(36-27)38-31(19)40-32;/h1-12H,(H,41,42,43)(H,44,45,46)(H,47,48,49)(H,50,51,52)(H2,33,34,35,36,37,38,39,40);/q;+2. The molecular formula is C32H18CuN8O12S4+2. The number of benzene rings is 4. The molecule has 0 amide bonds. The third-order valence-corrected chi connectivity index (χ3v) is 12.9. The first kappa shape index (κ1) is 38.3. The van der Waals surface area contributed by atoms with Crippen molar-refractivity contribution in [3.8, 4) is 45.6 Å². The molecule has 0 unspecified atom stereocenters. The molecule has 0 spiro atoms. The first-order valence-corrected chi connectivity index (χ1v) is 21.3. The molecule has 8 bridgehead atoms. The van der Waals surface area contributed by atoms with Crippen molar-refractivity contribution in [3.63, 3.8) is 0 Å². The van der Waals surface area contributed by atoms with E-state index in [-0.39, 0.29) is 51.5 Å². The molecule has 0 aliphatic carbocycles. The van der Waals surface area contributed by atoms with Crippen LogP contribution < -0.4 is 0 Å². The van der Waals surface area contributed by atoms with Crippen LogP contribution in [0.3, 0.4) is 0 Å². The van der Waals surface area contributed by atoms with Gasteiger partial charge in [0.15, 0.2) is 23.3 Å². The smallest absolute Gasteiger partial charge is 0.324 e. The van der Waals surface area contributed by atoms with Gasteiger partial charge in [-0.25, -0.2) is 29.9 Å². The fourth-order valence-corrected chi connectivity index (χ4v) is 11.7. The predicted octanol–water partition coefficient (Wildman–Crippen LogP) is 3.85. The molecule has 0 saturated carbocycles. The largest absolute Gasteiger partial charge is 2.00 e. The summed E-state index contributed by atoms with van der Waals surface area (Å²) in [6.45, 7) is 0. The van der Waals surface area contributed by atoms with Crippen molar-refractivity contribution < 1.29 is 69.0 Å². The Labute approximate surface area is 329 Å². The van der Waals surface area contributed by atoms with Crippen LogP contribution >= 0.6 is 0 Å². The zero-order chi connectivity index (χ0) is 39.7. The van der Waals surface area contributed by atoms with Crippen LogP contribution in [-0.4, -0.2) is 91.8 Å². The summed E-state index contributed by atoms with van der Waals surface area (Å²) >= 11 is 0. The zero-order valence-electron chi connectivity index (χ0n) is 27.6. The molecule has 0 atom stereocenters. The summed E-state index contributed by atoms with van der Waals surface area (Å²) in [7, 11) is -24.6. The minimum absolute atomic E-state index is 0. The third kappa shape index (κ3) is 6.08. The van der Waals surface area contributed by atoms with Gasteiger partial charge in [-0.3, -0.25) is 18.2 Å². The number of nitrogens with zero attached hydrogens (tertiary/aromatic N) is 6. The van der Waals surface area contributed by atoms with E-state index in [1.165, 1.54) is 12.1 Å². The van der Waals surface area contributed by atoms with Crippen LogP contribution in [-0.2, 0) is 57.5 Å². The van der Waals surface area contributed by atoms with E-state index >= 15 is 0 Å². The average molecular weight is 898 g/mol. The van der Waals surface area contributed by atoms with Gasteiger partial charge in [-0.15, -0.1) is 0 Å². The summed E-state index contributed by atoms with van der Waals surface area (Å²) < 4.78 is 146. The van der Waals surface area contributed by atoms with E-state index in [4.69, 9.17) is 9.97 Å². The summed E-state index contributed by atoms with van der Waals surface area (Å²) in [5.74, 6) is -0.428. The molecule has 0 fully saturated rings. The number of rotatable bonds is 4. The van der Waals surface area contributed by atoms with Crippen LogP contribution in [0.4, 0.5) is 0 Å². The minimum atomic E-state index is -6.24. The first-order chi connectivity index (χ1) is 26.3. The number of hydrogen-bond acceptors (Lipinski definition) is 14. The van der Waals surface area contributed by atoms with Crippen molar-refractivity contribution in [1.29, 1.82) is 0 Å². The SMILES string of the molecule is O=S(=O)(O)c1c(S(=O)(=O)O)c(S(=O)(=O)O)c2c3nc4nc(nc5[nH]c(nc6nc(nc([nH]3)c2c1S(=O)(=O)O)-c1ccccc1-6)c1ccccc51)-c1ccccc1-4.[Cu+2]. The van der Waals surface area contributed by atoms with Gasteiger partial charge >= 0.3 is 17.1 Å². The van der Waals surface area contributed by atoms with Crippen molar-refractivity contribution in [3.05, 3.63) is 72.8 Å². The molecule has 1 radical (unpaired) electrons. The van der Waals surface area contributed by atoms with Crippen molar-refractivity contribution in [2.75, 3.05) is 0 Å². The van der Waals surface area contributed by atoms with Crippen molar-refractivity contribution >= 4 is 84.6 Å². The van der Waals surface area contributed by atoms with Crippen molar-refractivity contribution in [1.82, 2.24) is 39.9 Å². The van der Waals surface area contributed by atoms with E-state index in [0.717, 1.165) is 0 Å². The first-order valence-electron chi connectivity index (χ1n) is 15.5. The van der Waals surface area contributed by atoms with Gasteiger partial charge in [0.1, 0.15) is 42.2 Å². The van der Waals surface area contributed by atoms with Crippen molar-refractivity contribution in [2.24, 2.45) is 0 Å². The Morgan fingerprint density at radius 1 is 0.368 bits per heavy atom. The molecule has 5 heterocycles. The Balaban J connectivity index is 0.00000455. The number of H-pyrrole nitrogens is 2. The number of hydrogen-bond donors (Lipinski definition) is 6. The molecule has 7 aromatic rings. The van der Waals surface area contributed by atoms with E-state index in [0.29, 0.717) is 33.2 Å². The summed E-state index contributed by atoms with van der Waals surface area (Å²) in [5, 5.41) is -1.17. The molecule has 25 heteroatoms. The summed E-state index contributed by atoms with van der Waals surface area (Å²) in [4.78, 5) is 24.5. The van der Waals surface area contributed by atoms with Gasteiger partial charge < -0.3 is 9.97 Å². The molecule has 6 N–H and O–H groups in total. The fourth-order valence-electron chi connectivity index (χ4n) is 6.75. The maximum atomic E-state index is 13.2. The Hall–Kier alpha value is -5.60. The number of aromatic nitrogens is 8. The van der Waals surface area contributed by atoms with Crippen molar-refractivity contribution in [2.45, 2.75) is 19.6 Å². The third-order valence-electron chi connectivity index (χ3n) is 8.85. The Bertz CT molecular complexity index is 3380. The number of nitrogens with one attached hydrogen (secondary N) is 2. The summed E-state index contributed by atoms with van der Waals surface area (Å²) in [5.41, 5.74) is 0.187. The fraction of sp³-hybridized carbons (Fsp3) is 0. The molecule has 2 aliphatic rings. The molecule has 0 saturated heterocycles. The Morgan fingerprint density at radius 2 is 0.632 bits per heavy atom. The summed E-state index contributed by atoms with van der Waals surface area (Å²) in [6, 6.07) is 19.9. The van der Waals surface area contributed by atoms with Crippen LogP contribution in [0.1, 0.15) is 0 Å². The molecule has 3 aromatic heterocycles. The van der Waals surface area contributed by atoms with E-state index in [2.05, 4.69) is 29.9 Å². The molecular weight excluding hydrogens is 880 g/mol. The van der Waals surface area contributed by atoms with Crippen LogP contribution in [0.25, 0.3) is 89.7 Å². The maximum Gasteiger partial charge on any atom is 2.00 e. The Morgan fingerprint density at radius 3 is 0.930 bits per heavy atom. The molecule has 57 heavy (non-hydrogen) atoms. The second kappa shape index (κ2) is 12.7. The van der Waals surface area contributed by atoms with E-state index < -0.39 is 82.1 Å².